The largest absolute Gasteiger partial charge is 0.466 e. The van der Waals surface area contributed by atoms with Crippen LogP contribution in [-0.4, -0.2) is 47.4 Å². The third kappa shape index (κ3) is 49.0. The Balaban J connectivity index is 3.55. The van der Waals surface area contributed by atoms with Crippen molar-refractivity contribution in [3.8, 4) is 0 Å². The number of aliphatic hydroxyl groups excluding tert-OH is 2. The van der Waals surface area contributed by atoms with Crippen molar-refractivity contribution in [3.05, 3.63) is 60.8 Å². The van der Waals surface area contributed by atoms with Gasteiger partial charge in [0.25, 0.3) is 0 Å². The van der Waals surface area contributed by atoms with Crippen LogP contribution in [0.1, 0.15) is 271 Å². The maximum absolute atomic E-state index is 12.4. The van der Waals surface area contributed by atoms with Crippen LogP contribution in [0.4, 0.5) is 0 Å². The smallest absolute Gasteiger partial charge is 0.305 e. The number of unbranched alkanes of at least 4 members (excludes halogenated alkanes) is 32. The lowest BCUT2D eigenvalue weighted by atomic mass is 10.0. The maximum atomic E-state index is 12.4. The molecule has 0 aliphatic carbocycles. The summed E-state index contributed by atoms with van der Waals surface area (Å²) in [5.41, 5.74) is 0. The first-order valence-electron chi connectivity index (χ1n) is 27.6. The van der Waals surface area contributed by atoms with E-state index >= 15 is 0 Å². The van der Waals surface area contributed by atoms with Gasteiger partial charge in [-0.25, -0.2) is 0 Å². The summed E-state index contributed by atoms with van der Waals surface area (Å²) in [7, 11) is 0. The fourth-order valence-electron chi connectivity index (χ4n) is 8.01. The number of amides is 1. The third-order valence-electron chi connectivity index (χ3n) is 12.3. The number of ether oxygens (including phenoxy) is 1. The molecule has 0 radical (unpaired) electrons. The molecule has 0 aromatic heterocycles. The molecule has 0 saturated carbocycles. The second kappa shape index (κ2) is 53.2. The topological polar surface area (TPSA) is 95.9 Å². The zero-order valence-corrected chi connectivity index (χ0v) is 42.2. The molecule has 0 fully saturated rings. The van der Waals surface area contributed by atoms with Crippen molar-refractivity contribution >= 4 is 11.9 Å². The first kappa shape index (κ1) is 61.6. The number of esters is 1. The highest BCUT2D eigenvalue weighted by Crippen LogP contribution is 2.15. The molecule has 64 heavy (non-hydrogen) atoms. The van der Waals surface area contributed by atoms with Crippen molar-refractivity contribution < 1.29 is 24.5 Å². The van der Waals surface area contributed by atoms with Gasteiger partial charge in [0.15, 0.2) is 0 Å². The monoisotopic (exact) mass is 896 g/mol. The van der Waals surface area contributed by atoms with Crippen molar-refractivity contribution in [2.45, 2.75) is 283 Å². The molecule has 0 spiro atoms. The second-order valence-corrected chi connectivity index (χ2v) is 18.6. The number of nitrogens with one attached hydrogen (secondary N) is 1. The first-order chi connectivity index (χ1) is 31.5. The first-order valence-corrected chi connectivity index (χ1v) is 27.6. The summed E-state index contributed by atoms with van der Waals surface area (Å²) in [6, 6.07) is -0.646. The van der Waals surface area contributed by atoms with E-state index in [0.717, 1.165) is 83.5 Å². The summed E-state index contributed by atoms with van der Waals surface area (Å²) in [6.07, 6.45) is 68.0. The van der Waals surface area contributed by atoms with Crippen LogP contribution in [0.25, 0.3) is 0 Å². The summed E-state index contributed by atoms with van der Waals surface area (Å²) in [6.45, 7) is 4.81. The van der Waals surface area contributed by atoms with Crippen LogP contribution in [-0.2, 0) is 14.3 Å². The standard InChI is InChI=1S/C58H105NO5/c1-3-5-7-9-11-13-15-17-19-20-21-24-28-32-36-40-44-48-52-58(63)64-53-49-45-41-37-33-29-25-22-23-27-31-35-39-43-47-51-57(62)59-55(54-60)56(61)50-46-42-38-34-30-26-18-16-14-12-10-8-6-4-2/h13,15,19-20,22,25,29,33,46,50,55-56,60-61H,3-12,14,16-18,21,23-24,26-28,30-32,34-45,47-49,51-54H2,1-2H3,(H,59,62)/b15-13-,20-19-,25-22-,33-29-,50-46+. The molecule has 0 heterocycles. The number of hydrogen-bond acceptors (Lipinski definition) is 5. The fraction of sp³-hybridized carbons (Fsp3) is 0.793. The molecule has 0 aliphatic rings. The molecule has 0 saturated heterocycles. The van der Waals surface area contributed by atoms with Gasteiger partial charge in [0, 0.05) is 12.8 Å². The molecule has 372 valence electrons. The van der Waals surface area contributed by atoms with E-state index in [1.54, 1.807) is 6.08 Å². The van der Waals surface area contributed by atoms with Gasteiger partial charge in [-0.3, -0.25) is 9.59 Å². The van der Waals surface area contributed by atoms with Crippen LogP contribution in [0.2, 0.25) is 0 Å². The van der Waals surface area contributed by atoms with Gasteiger partial charge in [-0.1, -0.05) is 222 Å². The van der Waals surface area contributed by atoms with Crippen LogP contribution in [0.3, 0.4) is 0 Å². The normalized spacial score (nSPS) is 13.1. The Morgan fingerprint density at radius 1 is 0.453 bits per heavy atom. The number of rotatable bonds is 50. The number of aliphatic hydroxyl groups is 2. The van der Waals surface area contributed by atoms with E-state index in [1.807, 2.05) is 6.08 Å². The Morgan fingerprint density at radius 2 is 0.828 bits per heavy atom. The van der Waals surface area contributed by atoms with Gasteiger partial charge >= 0.3 is 5.97 Å². The fourth-order valence-corrected chi connectivity index (χ4v) is 8.01. The minimum Gasteiger partial charge on any atom is -0.466 e. The van der Waals surface area contributed by atoms with Crippen LogP contribution in [0.5, 0.6) is 0 Å². The molecule has 3 N–H and O–H groups in total. The number of hydrogen-bond donors (Lipinski definition) is 3. The highest BCUT2D eigenvalue weighted by atomic mass is 16.5. The SMILES string of the molecule is CCCCCC/C=C\C/C=C\CCCCCCCCCC(=O)OCCCCC/C=C\C=C/CCCCCCCCC(=O)NC(CO)C(O)/C=C/CCCCCCCCCCCCCC. The molecule has 1 amide bonds. The van der Waals surface area contributed by atoms with Crippen LogP contribution in [0, 0.1) is 0 Å². The quantitative estimate of drug-likeness (QED) is 0.0245. The molecule has 0 aliphatic heterocycles. The van der Waals surface area contributed by atoms with E-state index in [1.165, 1.54) is 161 Å². The Morgan fingerprint density at radius 3 is 1.30 bits per heavy atom. The average molecular weight is 896 g/mol. The second-order valence-electron chi connectivity index (χ2n) is 18.6. The van der Waals surface area contributed by atoms with Crippen molar-refractivity contribution in [2.75, 3.05) is 13.2 Å². The Labute approximate surface area is 397 Å². The van der Waals surface area contributed by atoms with Gasteiger partial charge in [0.1, 0.15) is 0 Å². The van der Waals surface area contributed by atoms with Crippen molar-refractivity contribution in [1.82, 2.24) is 5.32 Å². The minimum absolute atomic E-state index is 0.0311. The van der Waals surface area contributed by atoms with Crippen LogP contribution >= 0.6 is 0 Å². The van der Waals surface area contributed by atoms with E-state index in [4.69, 9.17) is 4.74 Å². The lowest BCUT2D eigenvalue weighted by molar-refractivity contribution is -0.143. The highest BCUT2D eigenvalue weighted by molar-refractivity contribution is 5.76. The lowest BCUT2D eigenvalue weighted by Crippen LogP contribution is -2.45. The summed E-state index contributed by atoms with van der Waals surface area (Å²) < 4.78 is 5.45. The Hall–Kier alpha value is -2.44. The summed E-state index contributed by atoms with van der Waals surface area (Å²) in [4.78, 5) is 24.5. The zero-order valence-electron chi connectivity index (χ0n) is 42.2. The third-order valence-corrected chi connectivity index (χ3v) is 12.3. The molecule has 2 unspecified atom stereocenters. The average Bonchev–Trinajstić information content (AvgIpc) is 3.29. The molecular formula is C58H105NO5. The molecule has 6 nitrogen and oxygen atoms in total. The van der Waals surface area contributed by atoms with Gasteiger partial charge in [-0.2, -0.15) is 0 Å². The van der Waals surface area contributed by atoms with Crippen molar-refractivity contribution in [3.63, 3.8) is 0 Å². The molecule has 0 aromatic rings. The van der Waals surface area contributed by atoms with Gasteiger partial charge in [-0.15, -0.1) is 0 Å². The molecule has 0 rings (SSSR count). The van der Waals surface area contributed by atoms with E-state index in [9.17, 15) is 19.8 Å². The minimum atomic E-state index is -0.860. The highest BCUT2D eigenvalue weighted by Gasteiger charge is 2.18. The van der Waals surface area contributed by atoms with Gasteiger partial charge in [-0.05, 0) is 96.3 Å². The molecular weight excluding hydrogens is 791 g/mol. The summed E-state index contributed by atoms with van der Waals surface area (Å²) in [5, 5.41) is 23.0. The van der Waals surface area contributed by atoms with Crippen LogP contribution in [0.15, 0.2) is 60.8 Å². The molecule has 0 aromatic carbocycles. The Kier molecular flexibility index (Phi) is 51.2. The number of carbonyl (C=O) groups is 2. The van der Waals surface area contributed by atoms with Gasteiger partial charge < -0.3 is 20.3 Å². The summed E-state index contributed by atoms with van der Waals surface area (Å²) in [5.74, 6) is -0.123. The molecule has 2 atom stereocenters. The number of carbonyl (C=O) groups excluding carboxylic acids is 2. The van der Waals surface area contributed by atoms with Crippen molar-refractivity contribution in [1.29, 1.82) is 0 Å². The van der Waals surface area contributed by atoms with E-state index in [2.05, 4.69) is 67.8 Å². The summed E-state index contributed by atoms with van der Waals surface area (Å²) >= 11 is 0. The van der Waals surface area contributed by atoms with Gasteiger partial charge in [0.05, 0.1) is 25.4 Å². The predicted molar refractivity (Wildman–Crippen MR) is 278 cm³/mol. The van der Waals surface area contributed by atoms with E-state index in [0.29, 0.717) is 19.4 Å². The number of allylic oxidation sites excluding steroid dienone is 9. The molecule has 6 heteroatoms. The van der Waals surface area contributed by atoms with E-state index in [-0.39, 0.29) is 18.5 Å². The van der Waals surface area contributed by atoms with E-state index < -0.39 is 12.1 Å². The predicted octanol–water partition coefficient (Wildman–Crippen LogP) is 16.8. The molecule has 0 bridgehead atoms. The zero-order chi connectivity index (χ0) is 46.5. The van der Waals surface area contributed by atoms with Crippen molar-refractivity contribution in [2.24, 2.45) is 0 Å². The lowest BCUT2D eigenvalue weighted by Gasteiger charge is -2.20. The van der Waals surface area contributed by atoms with Crippen LogP contribution < -0.4 is 5.32 Å². The maximum Gasteiger partial charge on any atom is 0.305 e. The van der Waals surface area contributed by atoms with Gasteiger partial charge in [0.2, 0.25) is 5.91 Å². The Bertz CT molecular complexity index is 1130.